The van der Waals surface area contributed by atoms with Crippen LogP contribution in [0.15, 0.2) is 24.3 Å². The van der Waals surface area contributed by atoms with Crippen LogP contribution in [-0.2, 0) is 14.3 Å². The largest absolute Gasteiger partial charge is 0.456 e. The molecule has 22 heavy (non-hydrogen) atoms. The van der Waals surface area contributed by atoms with Crippen LogP contribution in [0.4, 0.5) is 4.39 Å². The Labute approximate surface area is 129 Å². The summed E-state index contributed by atoms with van der Waals surface area (Å²) in [4.78, 5) is 25.7. The van der Waals surface area contributed by atoms with Crippen LogP contribution in [-0.4, -0.2) is 11.8 Å². The molecule has 1 saturated carbocycles. The zero-order chi connectivity index (χ0) is 16.0. The molecule has 1 aromatic rings. The third-order valence-corrected chi connectivity index (χ3v) is 5.17. The molecule has 2 fully saturated rings. The van der Waals surface area contributed by atoms with Crippen LogP contribution in [0.3, 0.4) is 0 Å². The lowest BCUT2D eigenvalue weighted by Gasteiger charge is -2.47. The van der Waals surface area contributed by atoms with Gasteiger partial charge in [0.15, 0.2) is 5.78 Å². The first-order valence-electron chi connectivity index (χ1n) is 7.89. The summed E-state index contributed by atoms with van der Waals surface area (Å²) in [6, 6.07) is 5.83. The number of ketones is 1. The van der Waals surface area contributed by atoms with Crippen LogP contribution in [0.2, 0.25) is 0 Å². The van der Waals surface area contributed by atoms with Crippen molar-refractivity contribution in [1.82, 2.24) is 0 Å². The Kier molecular flexibility index (Phi) is 3.58. The van der Waals surface area contributed by atoms with Crippen molar-refractivity contribution in [2.75, 3.05) is 0 Å². The Bertz CT molecular complexity index is 597. The van der Waals surface area contributed by atoms with Crippen LogP contribution < -0.4 is 0 Å². The lowest BCUT2D eigenvalue weighted by atomic mass is 9.60. The van der Waals surface area contributed by atoms with Crippen LogP contribution in [0.1, 0.15) is 57.6 Å². The van der Waals surface area contributed by atoms with E-state index in [2.05, 4.69) is 0 Å². The summed E-state index contributed by atoms with van der Waals surface area (Å²) in [5.41, 5.74) is -1.10. The van der Waals surface area contributed by atoms with E-state index in [-0.39, 0.29) is 11.6 Å². The van der Waals surface area contributed by atoms with E-state index in [1.54, 1.807) is 12.1 Å². The smallest absolute Gasteiger partial charge is 0.320 e. The SMILES string of the molecule is CC1(C)C(=O)C2(CCCCC2)C(=O)OC1c1ccc(F)cc1. The highest BCUT2D eigenvalue weighted by Gasteiger charge is 2.60. The predicted molar refractivity (Wildman–Crippen MR) is 79.5 cm³/mol. The number of carbonyl (C=O) groups excluding carboxylic acids is 2. The monoisotopic (exact) mass is 304 g/mol. The first-order chi connectivity index (χ1) is 10.4. The fourth-order valence-electron chi connectivity index (χ4n) is 3.90. The van der Waals surface area contributed by atoms with E-state index in [0.717, 1.165) is 19.3 Å². The molecule has 1 heterocycles. The molecule has 2 aliphatic rings. The van der Waals surface area contributed by atoms with E-state index in [1.807, 2.05) is 13.8 Å². The topological polar surface area (TPSA) is 43.4 Å². The first kappa shape index (κ1) is 15.2. The van der Waals surface area contributed by atoms with E-state index in [4.69, 9.17) is 4.74 Å². The zero-order valence-corrected chi connectivity index (χ0v) is 13.0. The second-order valence-corrected chi connectivity index (χ2v) is 7.03. The number of hydrogen-bond acceptors (Lipinski definition) is 3. The highest BCUT2D eigenvalue weighted by atomic mass is 19.1. The fourth-order valence-corrected chi connectivity index (χ4v) is 3.90. The molecule has 1 saturated heterocycles. The van der Waals surface area contributed by atoms with E-state index in [1.165, 1.54) is 12.1 Å². The van der Waals surface area contributed by atoms with E-state index in [0.29, 0.717) is 18.4 Å². The summed E-state index contributed by atoms with van der Waals surface area (Å²) in [6.07, 6.45) is 3.36. The molecule has 0 aromatic heterocycles. The third-order valence-electron chi connectivity index (χ3n) is 5.17. The Balaban J connectivity index is 1.98. The Morgan fingerprint density at radius 3 is 2.23 bits per heavy atom. The second-order valence-electron chi connectivity index (χ2n) is 7.03. The third kappa shape index (κ3) is 2.16. The molecule has 0 N–H and O–H groups in total. The van der Waals surface area contributed by atoms with Crippen molar-refractivity contribution in [3.8, 4) is 0 Å². The average Bonchev–Trinajstić information content (AvgIpc) is 2.52. The van der Waals surface area contributed by atoms with Crippen LogP contribution >= 0.6 is 0 Å². The molecule has 3 rings (SSSR count). The standard InChI is InChI=1S/C18H21FO3/c1-17(2)14(12-6-8-13(19)9-7-12)22-16(21)18(15(17)20)10-4-3-5-11-18/h6-9,14H,3-5,10-11H2,1-2H3. The summed E-state index contributed by atoms with van der Waals surface area (Å²) >= 11 is 0. The molecule has 1 aromatic carbocycles. The van der Waals surface area contributed by atoms with Gasteiger partial charge in [0.05, 0.1) is 5.41 Å². The van der Waals surface area contributed by atoms with Gasteiger partial charge in [-0.25, -0.2) is 4.39 Å². The van der Waals surface area contributed by atoms with Gasteiger partial charge < -0.3 is 4.74 Å². The molecule has 1 unspecified atom stereocenters. The van der Waals surface area contributed by atoms with Crippen molar-refractivity contribution in [3.05, 3.63) is 35.6 Å². The quantitative estimate of drug-likeness (QED) is 0.582. The van der Waals surface area contributed by atoms with Crippen LogP contribution in [0.5, 0.6) is 0 Å². The van der Waals surface area contributed by atoms with Gasteiger partial charge in [-0.3, -0.25) is 9.59 Å². The predicted octanol–water partition coefficient (Wildman–Crippen LogP) is 3.97. The molecule has 0 amide bonds. The van der Waals surface area contributed by atoms with Gasteiger partial charge in [-0.1, -0.05) is 31.4 Å². The Morgan fingerprint density at radius 2 is 1.64 bits per heavy atom. The normalized spacial score (nSPS) is 26.8. The number of benzene rings is 1. The van der Waals surface area contributed by atoms with Gasteiger partial charge in [0.25, 0.3) is 0 Å². The summed E-state index contributed by atoms with van der Waals surface area (Å²) in [6.45, 7) is 3.65. The number of carbonyl (C=O) groups is 2. The maximum atomic E-state index is 13.1. The first-order valence-corrected chi connectivity index (χ1v) is 7.89. The zero-order valence-electron chi connectivity index (χ0n) is 13.0. The maximum Gasteiger partial charge on any atom is 0.320 e. The van der Waals surface area contributed by atoms with Crippen molar-refractivity contribution in [2.45, 2.75) is 52.1 Å². The number of halogens is 1. The lowest BCUT2D eigenvalue weighted by Crippen LogP contribution is -2.55. The molecule has 1 aliphatic heterocycles. The molecular weight excluding hydrogens is 283 g/mol. The van der Waals surface area contributed by atoms with Gasteiger partial charge in [0, 0.05) is 0 Å². The molecule has 3 nitrogen and oxygen atoms in total. The molecule has 0 bridgehead atoms. The number of cyclic esters (lactones) is 1. The van der Waals surface area contributed by atoms with Gasteiger partial charge >= 0.3 is 5.97 Å². The number of ether oxygens (including phenoxy) is 1. The van der Waals surface area contributed by atoms with Crippen molar-refractivity contribution >= 4 is 11.8 Å². The lowest BCUT2D eigenvalue weighted by molar-refractivity contribution is -0.192. The van der Waals surface area contributed by atoms with E-state index in [9.17, 15) is 14.0 Å². The maximum absolute atomic E-state index is 13.1. The van der Waals surface area contributed by atoms with E-state index < -0.39 is 22.9 Å². The minimum absolute atomic E-state index is 0.0229. The van der Waals surface area contributed by atoms with Crippen LogP contribution in [0.25, 0.3) is 0 Å². The fraction of sp³-hybridized carbons (Fsp3) is 0.556. The molecule has 4 heteroatoms. The molecule has 118 valence electrons. The highest BCUT2D eigenvalue weighted by molar-refractivity contribution is 6.08. The molecule has 1 aliphatic carbocycles. The van der Waals surface area contributed by atoms with E-state index >= 15 is 0 Å². The highest BCUT2D eigenvalue weighted by Crippen LogP contribution is 2.52. The Morgan fingerprint density at radius 1 is 1.05 bits per heavy atom. The number of hydrogen-bond donors (Lipinski definition) is 0. The van der Waals surface area contributed by atoms with Crippen molar-refractivity contribution in [3.63, 3.8) is 0 Å². The van der Waals surface area contributed by atoms with Crippen LogP contribution in [0, 0.1) is 16.6 Å². The van der Waals surface area contributed by atoms with Gasteiger partial charge in [-0.15, -0.1) is 0 Å². The minimum atomic E-state index is -0.960. The molecule has 0 radical (unpaired) electrons. The molecule has 1 atom stereocenters. The summed E-state index contributed by atoms with van der Waals surface area (Å²) in [7, 11) is 0. The molecule has 1 spiro atoms. The summed E-state index contributed by atoms with van der Waals surface area (Å²) in [5.74, 6) is -0.769. The summed E-state index contributed by atoms with van der Waals surface area (Å²) in [5, 5.41) is 0. The van der Waals surface area contributed by atoms with Gasteiger partial charge in [-0.2, -0.15) is 0 Å². The number of esters is 1. The van der Waals surface area contributed by atoms with Gasteiger partial charge in [0.2, 0.25) is 0 Å². The minimum Gasteiger partial charge on any atom is -0.456 e. The van der Waals surface area contributed by atoms with Gasteiger partial charge in [0.1, 0.15) is 17.3 Å². The molecular formula is C18H21FO3. The van der Waals surface area contributed by atoms with Gasteiger partial charge in [-0.05, 0) is 44.4 Å². The van der Waals surface area contributed by atoms with Crippen molar-refractivity contribution in [2.24, 2.45) is 10.8 Å². The second kappa shape index (κ2) is 5.18. The average molecular weight is 304 g/mol. The number of rotatable bonds is 1. The summed E-state index contributed by atoms with van der Waals surface area (Å²) < 4.78 is 18.8. The van der Waals surface area contributed by atoms with Crippen molar-refractivity contribution < 1.29 is 18.7 Å². The van der Waals surface area contributed by atoms with Crippen molar-refractivity contribution in [1.29, 1.82) is 0 Å². The number of Topliss-reactive ketones (excluding diaryl/α,β-unsaturated/α-hetero) is 1. The Hall–Kier alpha value is -1.71.